The molecule has 1 heterocycles. The Morgan fingerprint density at radius 3 is 2.68 bits per heavy atom. The quantitative estimate of drug-likeness (QED) is 0.880. The van der Waals surface area contributed by atoms with E-state index in [1.165, 1.54) is 31.4 Å². The van der Waals surface area contributed by atoms with Crippen LogP contribution in [0.1, 0.15) is 65.1 Å². The second kappa shape index (κ2) is 6.08. The minimum Gasteiger partial charge on any atom is -0.312 e. The predicted molar refractivity (Wildman–Crippen MR) is 80.4 cm³/mol. The lowest BCUT2D eigenvalue weighted by atomic mass is 10.0. The Hall–Kier alpha value is -0.830. The third-order valence-electron chi connectivity index (χ3n) is 3.90. The fourth-order valence-corrected chi connectivity index (χ4v) is 2.77. The zero-order valence-electron chi connectivity index (χ0n) is 12.9. The van der Waals surface area contributed by atoms with Crippen molar-refractivity contribution in [2.24, 2.45) is 5.92 Å². The van der Waals surface area contributed by atoms with Crippen molar-refractivity contribution in [3.8, 4) is 0 Å². The number of aromatic nitrogens is 2. The van der Waals surface area contributed by atoms with E-state index in [9.17, 15) is 0 Å². The molecule has 1 saturated carbocycles. The molecule has 1 aromatic heterocycles. The van der Waals surface area contributed by atoms with Crippen LogP contribution in [-0.4, -0.2) is 21.9 Å². The minimum atomic E-state index is 0.206. The third kappa shape index (κ3) is 4.64. The Labute approximate surface area is 117 Å². The van der Waals surface area contributed by atoms with E-state index in [1.807, 2.05) is 0 Å². The zero-order chi connectivity index (χ0) is 13.9. The molecular formula is C16H29N3. The first-order valence-corrected chi connectivity index (χ1v) is 7.73. The number of nitrogens with zero attached hydrogens (tertiary/aromatic N) is 2. The van der Waals surface area contributed by atoms with Gasteiger partial charge in [0.2, 0.25) is 0 Å². The van der Waals surface area contributed by atoms with E-state index in [2.05, 4.69) is 50.0 Å². The highest BCUT2D eigenvalue weighted by atomic mass is 15.3. The Kier molecular flexibility index (Phi) is 4.67. The van der Waals surface area contributed by atoms with Gasteiger partial charge in [-0.05, 0) is 58.6 Å². The highest BCUT2D eigenvalue weighted by Gasteiger charge is 2.18. The van der Waals surface area contributed by atoms with Gasteiger partial charge in [0, 0.05) is 11.7 Å². The number of hydrogen-bond acceptors (Lipinski definition) is 2. The molecule has 1 aliphatic carbocycles. The lowest BCUT2D eigenvalue weighted by Gasteiger charge is -2.23. The van der Waals surface area contributed by atoms with Crippen LogP contribution in [0.15, 0.2) is 12.3 Å². The van der Waals surface area contributed by atoms with Gasteiger partial charge in [0.05, 0.1) is 11.7 Å². The molecule has 1 unspecified atom stereocenters. The molecule has 1 aliphatic rings. The van der Waals surface area contributed by atoms with Gasteiger partial charge in [-0.15, -0.1) is 0 Å². The van der Waals surface area contributed by atoms with E-state index in [0.717, 1.165) is 13.0 Å². The molecule has 0 spiro atoms. The van der Waals surface area contributed by atoms with Crippen LogP contribution in [0.3, 0.4) is 0 Å². The van der Waals surface area contributed by atoms with Crippen molar-refractivity contribution in [3.63, 3.8) is 0 Å². The van der Waals surface area contributed by atoms with Crippen LogP contribution in [0.5, 0.6) is 0 Å². The second-order valence-electron chi connectivity index (χ2n) is 7.17. The fourth-order valence-electron chi connectivity index (χ4n) is 2.77. The van der Waals surface area contributed by atoms with Gasteiger partial charge < -0.3 is 5.32 Å². The van der Waals surface area contributed by atoms with Crippen molar-refractivity contribution in [2.75, 3.05) is 6.54 Å². The number of rotatable bonds is 5. The molecule has 0 aromatic carbocycles. The summed E-state index contributed by atoms with van der Waals surface area (Å²) in [6.45, 7) is 10.0. The van der Waals surface area contributed by atoms with Crippen LogP contribution in [0, 0.1) is 5.92 Å². The van der Waals surface area contributed by atoms with Crippen LogP contribution in [-0.2, 0) is 6.42 Å². The van der Waals surface area contributed by atoms with Crippen molar-refractivity contribution in [3.05, 3.63) is 18.0 Å². The van der Waals surface area contributed by atoms with Crippen molar-refractivity contribution < 1.29 is 0 Å². The topological polar surface area (TPSA) is 29.9 Å². The molecule has 2 rings (SSSR count). The van der Waals surface area contributed by atoms with E-state index in [0.29, 0.717) is 12.0 Å². The van der Waals surface area contributed by atoms with Gasteiger partial charge in [0.25, 0.3) is 0 Å². The van der Waals surface area contributed by atoms with Gasteiger partial charge >= 0.3 is 0 Å². The normalized spacial score (nSPS) is 18.9. The Morgan fingerprint density at radius 1 is 1.37 bits per heavy atom. The van der Waals surface area contributed by atoms with E-state index < -0.39 is 0 Å². The molecule has 1 N–H and O–H groups in total. The Bertz CT molecular complexity index is 383. The molecule has 0 radical (unpaired) electrons. The van der Waals surface area contributed by atoms with Crippen LogP contribution in [0.25, 0.3) is 0 Å². The molecule has 1 aromatic rings. The fraction of sp³-hybridized carbons (Fsp3) is 0.812. The van der Waals surface area contributed by atoms with Gasteiger partial charge in [-0.2, -0.15) is 5.10 Å². The first-order valence-electron chi connectivity index (χ1n) is 7.73. The molecule has 19 heavy (non-hydrogen) atoms. The van der Waals surface area contributed by atoms with Crippen LogP contribution in [0.4, 0.5) is 0 Å². The number of hydrogen-bond donors (Lipinski definition) is 1. The molecule has 3 nitrogen and oxygen atoms in total. The van der Waals surface area contributed by atoms with E-state index in [4.69, 9.17) is 5.10 Å². The molecule has 108 valence electrons. The summed E-state index contributed by atoms with van der Waals surface area (Å²) in [6, 6.07) is 2.86. The smallest absolute Gasteiger partial charge is 0.0627 e. The maximum atomic E-state index is 4.77. The molecule has 0 saturated heterocycles. The van der Waals surface area contributed by atoms with E-state index in [-0.39, 0.29) is 5.54 Å². The summed E-state index contributed by atoms with van der Waals surface area (Å²) >= 11 is 0. The SMILES string of the molecule is CC(CNC(C)(C)C)Cc1ccn(C2CCCC2)n1. The molecule has 0 bridgehead atoms. The second-order valence-corrected chi connectivity index (χ2v) is 7.17. The largest absolute Gasteiger partial charge is 0.312 e. The lowest BCUT2D eigenvalue weighted by Crippen LogP contribution is -2.39. The first kappa shape index (κ1) is 14.6. The summed E-state index contributed by atoms with van der Waals surface area (Å²) < 4.78 is 2.20. The Morgan fingerprint density at radius 2 is 2.05 bits per heavy atom. The van der Waals surface area contributed by atoms with Crippen molar-refractivity contribution in [2.45, 2.75) is 71.4 Å². The highest BCUT2D eigenvalue weighted by molar-refractivity contribution is 5.01. The van der Waals surface area contributed by atoms with Gasteiger partial charge in [0.1, 0.15) is 0 Å². The monoisotopic (exact) mass is 263 g/mol. The summed E-state index contributed by atoms with van der Waals surface area (Å²) in [5.41, 5.74) is 1.45. The third-order valence-corrected chi connectivity index (χ3v) is 3.90. The van der Waals surface area contributed by atoms with Gasteiger partial charge in [0.15, 0.2) is 0 Å². The van der Waals surface area contributed by atoms with E-state index >= 15 is 0 Å². The first-order chi connectivity index (χ1) is 8.94. The van der Waals surface area contributed by atoms with Crippen LogP contribution < -0.4 is 5.32 Å². The Balaban J connectivity index is 1.82. The minimum absolute atomic E-state index is 0.206. The molecule has 1 atom stereocenters. The van der Waals surface area contributed by atoms with E-state index in [1.54, 1.807) is 0 Å². The van der Waals surface area contributed by atoms with Crippen LogP contribution >= 0.6 is 0 Å². The van der Waals surface area contributed by atoms with Crippen LogP contribution in [0.2, 0.25) is 0 Å². The lowest BCUT2D eigenvalue weighted by molar-refractivity contribution is 0.378. The van der Waals surface area contributed by atoms with Gasteiger partial charge in [-0.25, -0.2) is 0 Å². The summed E-state index contributed by atoms with van der Waals surface area (Å²) in [6.07, 6.45) is 8.60. The predicted octanol–water partition coefficient (Wildman–Crippen LogP) is 3.56. The number of nitrogens with one attached hydrogen (secondary N) is 1. The molecule has 1 fully saturated rings. The highest BCUT2D eigenvalue weighted by Crippen LogP contribution is 2.28. The summed E-state index contributed by atoms with van der Waals surface area (Å²) in [7, 11) is 0. The summed E-state index contributed by atoms with van der Waals surface area (Å²) in [5.74, 6) is 0.631. The van der Waals surface area contributed by atoms with Gasteiger partial charge in [-0.1, -0.05) is 19.8 Å². The molecular weight excluding hydrogens is 234 g/mol. The molecule has 0 aliphatic heterocycles. The van der Waals surface area contributed by atoms with Crippen molar-refractivity contribution in [1.82, 2.24) is 15.1 Å². The van der Waals surface area contributed by atoms with Crippen molar-refractivity contribution >= 4 is 0 Å². The molecule has 3 heteroatoms. The van der Waals surface area contributed by atoms with Gasteiger partial charge in [-0.3, -0.25) is 4.68 Å². The zero-order valence-corrected chi connectivity index (χ0v) is 12.9. The maximum absolute atomic E-state index is 4.77. The summed E-state index contributed by atoms with van der Waals surface area (Å²) in [4.78, 5) is 0. The average molecular weight is 263 g/mol. The molecule has 0 amide bonds. The summed E-state index contributed by atoms with van der Waals surface area (Å²) in [5, 5.41) is 8.33. The average Bonchev–Trinajstić information content (AvgIpc) is 2.94. The standard InChI is InChI=1S/C16H29N3/c1-13(12-17-16(2,3)4)11-14-9-10-19(18-14)15-7-5-6-8-15/h9-10,13,15,17H,5-8,11-12H2,1-4H3. The van der Waals surface area contributed by atoms with Crippen molar-refractivity contribution in [1.29, 1.82) is 0 Å². The maximum Gasteiger partial charge on any atom is 0.0627 e.